The lowest BCUT2D eigenvalue weighted by Crippen LogP contribution is -2.53. The Morgan fingerprint density at radius 1 is 1.37 bits per heavy atom. The summed E-state index contributed by atoms with van der Waals surface area (Å²) in [5.74, 6) is -1.29. The largest absolute Gasteiger partial charge is 0.471 e. The van der Waals surface area contributed by atoms with Crippen molar-refractivity contribution in [2.24, 2.45) is 5.41 Å². The summed E-state index contributed by atoms with van der Waals surface area (Å²) in [6.45, 7) is 9.88. The van der Waals surface area contributed by atoms with Crippen LogP contribution in [0, 0.1) is 5.41 Å². The van der Waals surface area contributed by atoms with E-state index in [2.05, 4.69) is 37.7 Å². The number of carbonyl (C=O) groups is 1. The van der Waals surface area contributed by atoms with Crippen LogP contribution in [0.4, 0.5) is 17.6 Å². The predicted molar refractivity (Wildman–Crippen MR) is 124 cm³/mol. The minimum Gasteiger partial charge on any atom is -0.471 e. The lowest BCUT2D eigenvalue weighted by Gasteiger charge is -2.47. The number of pyridine rings is 1. The second-order valence-corrected chi connectivity index (χ2v) is 10.9. The zero-order valence-corrected chi connectivity index (χ0v) is 20.4. The van der Waals surface area contributed by atoms with Crippen molar-refractivity contribution in [3.8, 4) is 5.88 Å². The summed E-state index contributed by atoms with van der Waals surface area (Å²) in [4.78, 5) is 16.3. The molecular formula is C25H35F4N3O3. The molecule has 0 bridgehead atoms. The number of carbonyl (C=O) groups excluding carboxylic acids is 1. The van der Waals surface area contributed by atoms with Crippen molar-refractivity contribution < 1.29 is 32.2 Å². The molecule has 1 aromatic heterocycles. The van der Waals surface area contributed by atoms with Crippen molar-refractivity contribution in [1.29, 1.82) is 0 Å². The Labute approximate surface area is 203 Å². The zero-order valence-electron chi connectivity index (χ0n) is 20.4. The number of amides is 1. The molecule has 0 aromatic carbocycles. The number of alkyl halides is 4. The van der Waals surface area contributed by atoms with Gasteiger partial charge in [-0.1, -0.05) is 26.8 Å². The fourth-order valence-electron chi connectivity index (χ4n) is 4.65. The van der Waals surface area contributed by atoms with Gasteiger partial charge in [-0.05, 0) is 49.1 Å². The van der Waals surface area contributed by atoms with Crippen LogP contribution >= 0.6 is 0 Å². The van der Waals surface area contributed by atoms with Crippen LogP contribution in [0.15, 0.2) is 24.9 Å². The van der Waals surface area contributed by atoms with Gasteiger partial charge in [-0.3, -0.25) is 4.79 Å². The van der Waals surface area contributed by atoms with Crippen molar-refractivity contribution in [2.75, 3.05) is 6.54 Å². The van der Waals surface area contributed by atoms with Gasteiger partial charge in [-0.15, -0.1) is 6.58 Å². The average molecular weight is 502 g/mol. The number of hydrogen-bond donors (Lipinski definition) is 3. The summed E-state index contributed by atoms with van der Waals surface area (Å²) >= 11 is 0. The van der Waals surface area contributed by atoms with Gasteiger partial charge in [0.1, 0.15) is 5.60 Å². The van der Waals surface area contributed by atoms with Crippen molar-refractivity contribution in [3.63, 3.8) is 0 Å². The maximum atomic E-state index is 13.4. The molecule has 196 valence electrons. The lowest BCUT2D eigenvalue weighted by atomic mass is 9.73. The lowest BCUT2D eigenvalue weighted by molar-refractivity contribution is -0.187. The number of ether oxygens (including phenoxy) is 1. The monoisotopic (exact) mass is 501 g/mol. The Bertz CT molecular complexity index is 912. The maximum absolute atomic E-state index is 13.4. The highest BCUT2D eigenvalue weighted by atomic mass is 19.4. The van der Waals surface area contributed by atoms with E-state index < -0.39 is 30.4 Å². The Kier molecular flexibility index (Phi) is 8.16. The molecule has 3 N–H and O–H groups in total. The van der Waals surface area contributed by atoms with Crippen LogP contribution in [0.1, 0.15) is 70.0 Å². The first-order valence-electron chi connectivity index (χ1n) is 11.9. The molecule has 2 heterocycles. The van der Waals surface area contributed by atoms with Crippen LogP contribution in [-0.2, 0) is 11.2 Å². The smallest absolute Gasteiger partial charge is 0.428 e. The van der Waals surface area contributed by atoms with Crippen LogP contribution in [0.2, 0.25) is 0 Å². The summed E-state index contributed by atoms with van der Waals surface area (Å²) in [6, 6.07) is 0.712. The van der Waals surface area contributed by atoms with Crippen molar-refractivity contribution in [2.45, 2.75) is 95.4 Å². The summed E-state index contributed by atoms with van der Waals surface area (Å²) < 4.78 is 57.4. The number of aliphatic hydroxyl groups is 1. The number of nitrogens with one attached hydrogen (secondary N) is 2. The van der Waals surface area contributed by atoms with Crippen molar-refractivity contribution >= 4 is 5.91 Å². The van der Waals surface area contributed by atoms with Crippen LogP contribution in [-0.4, -0.2) is 52.6 Å². The molecule has 0 unspecified atom stereocenters. The van der Waals surface area contributed by atoms with Gasteiger partial charge in [-0.25, -0.2) is 9.37 Å². The SMILES string of the molecule is C=CC[C@H](NC(=O)[C@@H](F)C(F)(F)F)[C@H](O)CN[C@H]1CC2(CCC2)Oc2ncc(CC(C)(C)C)cc21. The molecule has 6 nitrogen and oxygen atoms in total. The molecule has 0 radical (unpaired) electrons. The van der Waals surface area contributed by atoms with Crippen molar-refractivity contribution in [3.05, 3.63) is 36.0 Å². The van der Waals surface area contributed by atoms with E-state index in [4.69, 9.17) is 4.74 Å². The summed E-state index contributed by atoms with van der Waals surface area (Å²) in [5, 5.41) is 15.9. The number of nitrogens with zero attached hydrogens (tertiary/aromatic N) is 1. The number of aliphatic hydroxyl groups excluding tert-OH is 1. The normalized spacial score (nSPS) is 21.8. The van der Waals surface area contributed by atoms with Crippen LogP contribution in [0.5, 0.6) is 5.88 Å². The summed E-state index contributed by atoms with van der Waals surface area (Å²) in [7, 11) is 0. The molecule has 1 saturated carbocycles. The van der Waals surface area contributed by atoms with Gasteiger partial charge in [0, 0.05) is 30.8 Å². The molecule has 35 heavy (non-hydrogen) atoms. The first-order chi connectivity index (χ1) is 16.2. The van der Waals surface area contributed by atoms with Crippen molar-refractivity contribution in [1.82, 2.24) is 15.6 Å². The zero-order chi connectivity index (χ0) is 26.0. The standard InChI is InChI=1S/C25H35F4N3O3/c1-5-7-17(32-21(34)20(26)25(27,28)29)19(33)14-30-18-12-24(8-6-9-24)35-22-16(18)10-15(13-31-22)11-23(2,3)4/h5,10,13,17-20,30,33H,1,6-9,11-12,14H2,2-4H3,(H,32,34)/t17-,18-,19+,20+/m0/s1. The molecule has 2 aliphatic rings. The van der Waals surface area contributed by atoms with Gasteiger partial charge in [-0.2, -0.15) is 13.2 Å². The van der Waals surface area contributed by atoms with Crippen LogP contribution in [0.25, 0.3) is 0 Å². The Morgan fingerprint density at radius 2 is 2.06 bits per heavy atom. The highest BCUT2D eigenvalue weighted by Crippen LogP contribution is 2.48. The fourth-order valence-corrected chi connectivity index (χ4v) is 4.65. The Balaban J connectivity index is 1.73. The molecule has 3 rings (SSSR count). The van der Waals surface area contributed by atoms with E-state index in [0.29, 0.717) is 12.3 Å². The van der Waals surface area contributed by atoms with Crippen LogP contribution in [0.3, 0.4) is 0 Å². The van der Waals surface area contributed by atoms with E-state index in [1.165, 1.54) is 6.08 Å². The number of hydrogen-bond acceptors (Lipinski definition) is 5. The first kappa shape index (κ1) is 27.4. The third-order valence-electron chi connectivity index (χ3n) is 6.50. The highest BCUT2D eigenvalue weighted by molar-refractivity contribution is 5.81. The van der Waals surface area contributed by atoms with E-state index in [0.717, 1.165) is 36.8 Å². The second-order valence-electron chi connectivity index (χ2n) is 10.9. The second kappa shape index (κ2) is 10.4. The van der Waals surface area contributed by atoms with Gasteiger partial charge in [0.25, 0.3) is 12.1 Å². The molecule has 0 saturated heterocycles. The van der Waals surface area contributed by atoms with Gasteiger partial charge in [0.05, 0.1) is 12.1 Å². The number of fused-ring (bicyclic) bond motifs is 1. The molecular weight excluding hydrogens is 466 g/mol. The van der Waals surface area contributed by atoms with E-state index in [9.17, 15) is 27.5 Å². The highest BCUT2D eigenvalue weighted by Gasteiger charge is 2.47. The van der Waals surface area contributed by atoms with E-state index in [1.54, 1.807) is 0 Å². The Hall–Kier alpha value is -2.20. The first-order valence-corrected chi connectivity index (χ1v) is 11.9. The predicted octanol–water partition coefficient (Wildman–Crippen LogP) is 4.33. The molecule has 1 aliphatic heterocycles. The van der Waals surface area contributed by atoms with E-state index in [-0.39, 0.29) is 30.0 Å². The molecule has 1 aromatic rings. The summed E-state index contributed by atoms with van der Waals surface area (Å²) in [6.07, 6.45) is -2.80. The number of aromatic nitrogens is 1. The maximum Gasteiger partial charge on any atom is 0.428 e. The molecule has 1 spiro atoms. The minimum absolute atomic E-state index is 0.0231. The molecule has 4 atom stereocenters. The fraction of sp³-hybridized carbons (Fsp3) is 0.680. The Morgan fingerprint density at radius 3 is 2.60 bits per heavy atom. The quantitative estimate of drug-likeness (QED) is 0.347. The average Bonchev–Trinajstić information content (AvgIpc) is 2.73. The molecule has 10 heteroatoms. The van der Waals surface area contributed by atoms with Gasteiger partial charge in [0.15, 0.2) is 0 Å². The van der Waals surface area contributed by atoms with E-state index in [1.807, 2.05) is 17.6 Å². The topological polar surface area (TPSA) is 83.5 Å². The summed E-state index contributed by atoms with van der Waals surface area (Å²) in [5.41, 5.74) is 1.65. The van der Waals surface area contributed by atoms with E-state index >= 15 is 0 Å². The molecule has 1 aliphatic carbocycles. The number of halogens is 4. The van der Waals surface area contributed by atoms with Gasteiger partial charge in [0.2, 0.25) is 5.88 Å². The number of rotatable bonds is 9. The third kappa shape index (κ3) is 6.94. The molecule has 1 amide bonds. The van der Waals surface area contributed by atoms with Gasteiger partial charge >= 0.3 is 6.18 Å². The minimum atomic E-state index is -5.31. The third-order valence-corrected chi connectivity index (χ3v) is 6.50. The molecule has 1 fully saturated rings. The van der Waals surface area contributed by atoms with Crippen LogP contribution < -0.4 is 15.4 Å². The van der Waals surface area contributed by atoms with Gasteiger partial charge < -0.3 is 20.5 Å².